The Morgan fingerprint density at radius 3 is 2.47 bits per heavy atom. The first-order valence-corrected chi connectivity index (χ1v) is 7.21. The van der Waals surface area contributed by atoms with E-state index in [4.69, 9.17) is 5.73 Å². The summed E-state index contributed by atoms with van der Waals surface area (Å²) in [6, 6.07) is 9.14. The summed E-state index contributed by atoms with van der Waals surface area (Å²) in [5.74, 6) is -0.655. The minimum atomic E-state index is -0.359. The summed E-state index contributed by atoms with van der Waals surface area (Å²) >= 11 is 6.33. The molecule has 2 aromatic carbocycles. The van der Waals surface area contributed by atoms with E-state index in [0.717, 1.165) is 5.56 Å². The van der Waals surface area contributed by atoms with Crippen LogP contribution in [-0.2, 0) is 6.42 Å². The molecule has 0 aliphatic carbocycles. The van der Waals surface area contributed by atoms with Gasteiger partial charge in [0.25, 0.3) is 0 Å². The highest BCUT2D eigenvalue weighted by molar-refractivity contribution is 9.10. The average molecular weight is 391 g/mol. The molecule has 1 unspecified atom stereocenters. The second-order valence-corrected chi connectivity index (χ2v) is 5.85. The lowest BCUT2D eigenvalue weighted by molar-refractivity contribution is 0.608. The SMILES string of the molecule is NC(Cc1ccc(F)c(Br)c1)c1cccc(F)c1Br. The van der Waals surface area contributed by atoms with Gasteiger partial charge in [-0.15, -0.1) is 0 Å². The predicted molar refractivity (Wildman–Crippen MR) is 78.8 cm³/mol. The zero-order chi connectivity index (χ0) is 14.0. The van der Waals surface area contributed by atoms with Gasteiger partial charge >= 0.3 is 0 Å². The van der Waals surface area contributed by atoms with Gasteiger partial charge in [-0.25, -0.2) is 8.78 Å². The molecule has 0 heterocycles. The van der Waals surface area contributed by atoms with Crippen molar-refractivity contribution in [1.82, 2.24) is 0 Å². The van der Waals surface area contributed by atoms with Gasteiger partial charge in [-0.05, 0) is 67.6 Å². The van der Waals surface area contributed by atoms with E-state index in [0.29, 0.717) is 20.9 Å². The Kier molecular flexibility index (Phi) is 4.71. The molecule has 0 aliphatic heterocycles. The summed E-state index contributed by atoms with van der Waals surface area (Å²) in [5, 5.41) is 0. The molecule has 2 rings (SSSR count). The normalized spacial score (nSPS) is 12.5. The van der Waals surface area contributed by atoms with Gasteiger partial charge < -0.3 is 5.73 Å². The van der Waals surface area contributed by atoms with E-state index in [9.17, 15) is 8.78 Å². The van der Waals surface area contributed by atoms with E-state index in [2.05, 4.69) is 31.9 Å². The Bertz CT molecular complexity index is 602. The second-order valence-electron chi connectivity index (χ2n) is 4.20. The summed E-state index contributed by atoms with van der Waals surface area (Å²) in [6.45, 7) is 0. The molecule has 5 heteroatoms. The van der Waals surface area contributed by atoms with Gasteiger partial charge in [0.15, 0.2) is 0 Å². The van der Waals surface area contributed by atoms with Crippen LogP contribution in [0, 0.1) is 11.6 Å². The van der Waals surface area contributed by atoms with Crippen molar-refractivity contribution in [3.05, 3.63) is 68.1 Å². The third-order valence-corrected chi connectivity index (χ3v) is 4.26. The molecule has 2 N–H and O–H groups in total. The van der Waals surface area contributed by atoms with Gasteiger partial charge in [0.2, 0.25) is 0 Å². The van der Waals surface area contributed by atoms with Crippen LogP contribution in [0.25, 0.3) is 0 Å². The summed E-state index contributed by atoms with van der Waals surface area (Å²) in [4.78, 5) is 0. The Balaban J connectivity index is 2.23. The number of rotatable bonds is 3. The van der Waals surface area contributed by atoms with Gasteiger partial charge in [0.1, 0.15) is 11.6 Å². The minimum absolute atomic E-state index is 0.316. The fraction of sp³-hybridized carbons (Fsp3) is 0.143. The van der Waals surface area contributed by atoms with E-state index in [1.807, 2.05) is 0 Å². The number of hydrogen-bond acceptors (Lipinski definition) is 1. The lowest BCUT2D eigenvalue weighted by Crippen LogP contribution is -2.14. The molecular weight excluding hydrogens is 380 g/mol. The van der Waals surface area contributed by atoms with Crippen molar-refractivity contribution in [3.8, 4) is 0 Å². The number of nitrogens with two attached hydrogens (primary N) is 1. The average Bonchev–Trinajstić information content (AvgIpc) is 2.37. The van der Waals surface area contributed by atoms with E-state index in [1.165, 1.54) is 12.1 Å². The molecule has 1 atom stereocenters. The van der Waals surface area contributed by atoms with Crippen LogP contribution < -0.4 is 5.73 Å². The quantitative estimate of drug-likeness (QED) is 0.805. The molecule has 1 nitrogen and oxygen atoms in total. The molecule has 100 valence electrons. The molecular formula is C14H11Br2F2N. The maximum Gasteiger partial charge on any atom is 0.137 e. The van der Waals surface area contributed by atoms with Crippen molar-refractivity contribution in [2.45, 2.75) is 12.5 Å². The highest BCUT2D eigenvalue weighted by atomic mass is 79.9. The van der Waals surface area contributed by atoms with Gasteiger partial charge in [-0.3, -0.25) is 0 Å². The van der Waals surface area contributed by atoms with Crippen LogP contribution in [0.1, 0.15) is 17.2 Å². The van der Waals surface area contributed by atoms with Crippen LogP contribution in [0.4, 0.5) is 8.78 Å². The molecule has 0 spiro atoms. The fourth-order valence-electron chi connectivity index (χ4n) is 1.84. The van der Waals surface area contributed by atoms with E-state index in [-0.39, 0.29) is 17.7 Å². The van der Waals surface area contributed by atoms with Crippen LogP contribution in [-0.4, -0.2) is 0 Å². The molecule has 0 saturated heterocycles. The minimum Gasteiger partial charge on any atom is -0.324 e. The summed E-state index contributed by atoms with van der Waals surface area (Å²) in [7, 11) is 0. The lowest BCUT2D eigenvalue weighted by atomic mass is 9.99. The van der Waals surface area contributed by atoms with Crippen molar-refractivity contribution < 1.29 is 8.78 Å². The van der Waals surface area contributed by atoms with E-state index < -0.39 is 0 Å². The Hall–Kier alpha value is -0.780. The van der Waals surface area contributed by atoms with Crippen LogP contribution in [0.2, 0.25) is 0 Å². The summed E-state index contributed by atoms with van der Waals surface area (Å²) in [6.07, 6.45) is 0.501. The van der Waals surface area contributed by atoms with Crippen LogP contribution in [0.5, 0.6) is 0 Å². The van der Waals surface area contributed by atoms with Gasteiger partial charge in [0.05, 0.1) is 8.95 Å². The first-order chi connectivity index (χ1) is 8.99. The van der Waals surface area contributed by atoms with Crippen molar-refractivity contribution in [1.29, 1.82) is 0 Å². The molecule has 2 aromatic rings. The zero-order valence-electron chi connectivity index (χ0n) is 9.84. The number of halogens is 4. The van der Waals surface area contributed by atoms with Crippen molar-refractivity contribution in [3.63, 3.8) is 0 Å². The summed E-state index contributed by atoms with van der Waals surface area (Å²) in [5.41, 5.74) is 7.66. The fourth-order valence-corrected chi connectivity index (χ4v) is 2.82. The number of benzene rings is 2. The van der Waals surface area contributed by atoms with E-state index >= 15 is 0 Å². The molecule has 0 aliphatic rings. The third kappa shape index (κ3) is 3.41. The standard InChI is InChI=1S/C14H11Br2F2N/c15-10-6-8(4-5-11(10)17)7-13(19)9-2-1-3-12(18)14(9)16/h1-6,13H,7,19H2. The Labute approximate surface area is 127 Å². The molecule has 0 saturated carbocycles. The van der Waals surface area contributed by atoms with Gasteiger partial charge in [-0.1, -0.05) is 18.2 Å². The molecule has 19 heavy (non-hydrogen) atoms. The third-order valence-electron chi connectivity index (χ3n) is 2.82. The summed E-state index contributed by atoms with van der Waals surface area (Å²) < 4.78 is 27.4. The van der Waals surface area contributed by atoms with Crippen LogP contribution in [0.15, 0.2) is 45.3 Å². The van der Waals surface area contributed by atoms with Crippen molar-refractivity contribution >= 4 is 31.9 Å². The molecule has 0 bridgehead atoms. The highest BCUT2D eigenvalue weighted by Crippen LogP contribution is 2.27. The first-order valence-electron chi connectivity index (χ1n) is 5.62. The van der Waals surface area contributed by atoms with E-state index in [1.54, 1.807) is 24.3 Å². The smallest absolute Gasteiger partial charge is 0.137 e. The Morgan fingerprint density at radius 2 is 1.79 bits per heavy atom. The molecule has 0 radical (unpaired) electrons. The lowest BCUT2D eigenvalue weighted by Gasteiger charge is -2.14. The largest absolute Gasteiger partial charge is 0.324 e. The van der Waals surface area contributed by atoms with Crippen LogP contribution in [0.3, 0.4) is 0 Å². The maximum atomic E-state index is 13.4. The van der Waals surface area contributed by atoms with Crippen molar-refractivity contribution in [2.24, 2.45) is 5.73 Å². The van der Waals surface area contributed by atoms with Crippen LogP contribution >= 0.6 is 31.9 Å². The van der Waals surface area contributed by atoms with Gasteiger partial charge in [-0.2, -0.15) is 0 Å². The molecule has 0 amide bonds. The predicted octanol–water partition coefficient (Wildman–Crippen LogP) is 4.73. The molecule has 0 fully saturated rings. The Morgan fingerprint density at radius 1 is 1.05 bits per heavy atom. The molecule has 0 aromatic heterocycles. The second kappa shape index (κ2) is 6.11. The maximum absolute atomic E-state index is 13.4. The zero-order valence-corrected chi connectivity index (χ0v) is 13.0. The monoisotopic (exact) mass is 389 g/mol. The first kappa shape index (κ1) is 14.6. The highest BCUT2D eigenvalue weighted by Gasteiger charge is 2.14. The number of hydrogen-bond donors (Lipinski definition) is 1. The van der Waals surface area contributed by atoms with Crippen molar-refractivity contribution in [2.75, 3.05) is 0 Å². The van der Waals surface area contributed by atoms with Gasteiger partial charge in [0, 0.05) is 6.04 Å². The topological polar surface area (TPSA) is 26.0 Å².